The molecule has 0 radical (unpaired) electrons. The molecule has 2 rings (SSSR count). The summed E-state index contributed by atoms with van der Waals surface area (Å²) in [4.78, 5) is 24.3. The Morgan fingerprint density at radius 2 is 1.89 bits per heavy atom. The molecule has 2 fully saturated rings. The van der Waals surface area contributed by atoms with E-state index in [4.69, 9.17) is 4.74 Å². The molecule has 18 heavy (non-hydrogen) atoms. The molecular formula is C13H20N2O3. The fourth-order valence-electron chi connectivity index (χ4n) is 3.00. The number of carbonyl (C=O) groups is 2. The monoisotopic (exact) mass is 252 g/mol. The Kier molecular flexibility index (Phi) is 2.58. The van der Waals surface area contributed by atoms with E-state index >= 15 is 0 Å². The Bertz CT molecular complexity index is 451. The van der Waals surface area contributed by atoms with Crippen LogP contribution >= 0.6 is 0 Å². The van der Waals surface area contributed by atoms with Crippen LogP contribution in [0.3, 0.4) is 0 Å². The van der Waals surface area contributed by atoms with Crippen LogP contribution in [-0.4, -0.2) is 23.2 Å². The van der Waals surface area contributed by atoms with Gasteiger partial charge in [-0.3, -0.25) is 9.59 Å². The van der Waals surface area contributed by atoms with E-state index in [1.807, 2.05) is 20.8 Å². The van der Waals surface area contributed by atoms with E-state index in [9.17, 15) is 9.59 Å². The van der Waals surface area contributed by atoms with Gasteiger partial charge in [0.25, 0.3) is 5.91 Å². The third kappa shape index (κ3) is 1.30. The van der Waals surface area contributed by atoms with Crippen LogP contribution in [0.15, 0.2) is 5.10 Å². The van der Waals surface area contributed by atoms with Gasteiger partial charge in [-0.15, -0.1) is 0 Å². The molecule has 2 unspecified atom stereocenters. The van der Waals surface area contributed by atoms with E-state index in [2.05, 4.69) is 10.5 Å². The van der Waals surface area contributed by atoms with Crippen LogP contribution in [0.4, 0.5) is 0 Å². The molecule has 1 aliphatic carbocycles. The van der Waals surface area contributed by atoms with E-state index in [1.54, 1.807) is 13.8 Å². The molecule has 0 aromatic rings. The van der Waals surface area contributed by atoms with Crippen LogP contribution < -0.4 is 5.43 Å². The third-order valence-electron chi connectivity index (χ3n) is 4.83. The normalized spacial score (nSPS) is 36.2. The number of fused-ring (bicyclic) bond motifs is 2. The molecule has 5 nitrogen and oxygen atoms in total. The average molecular weight is 252 g/mol. The minimum Gasteiger partial charge on any atom is -0.448 e. The lowest BCUT2D eigenvalue weighted by Crippen LogP contribution is -2.52. The lowest BCUT2D eigenvalue weighted by molar-refractivity contribution is -0.168. The van der Waals surface area contributed by atoms with E-state index in [-0.39, 0.29) is 11.9 Å². The van der Waals surface area contributed by atoms with Gasteiger partial charge in [0, 0.05) is 11.1 Å². The molecule has 1 saturated heterocycles. The zero-order valence-corrected chi connectivity index (χ0v) is 11.6. The first-order chi connectivity index (χ1) is 8.17. The highest BCUT2D eigenvalue weighted by molar-refractivity contribution is 5.96. The second kappa shape index (κ2) is 3.56. The van der Waals surface area contributed by atoms with Crippen molar-refractivity contribution in [3.63, 3.8) is 0 Å². The first kappa shape index (κ1) is 13.1. The minimum absolute atomic E-state index is 0.272. The van der Waals surface area contributed by atoms with Crippen molar-refractivity contribution in [1.82, 2.24) is 5.43 Å². The standard InChI is InChI=1S/C13H20N2O3/c1-8(2)14-15-9(16)13-7-6-12(5,10(17)18-13)11(13,3)4/h6-7H2,1-5H3,(H,15,16). The highest BCUT2D eigenvalue weighted by atomic mass is 16.6. The summed E-state index contributed by atoms with van der Waals surface area (Å²) in [7, 11) is 0. The van der Waals surface area contributed by atoms with Crippen LogP contribution in [0.5, 0.6) is 0 Å². The van der Waals surface area contributed by atoms with Gasteiger partial charge in [0.2, 0.25) is 0 Å². The Balaban J connectivity index is 2.36. The topological polar surface area (TPSA) is 67.8 Å². The number of hydrogen-bond acceptors (Lipinski definition) is 4. The molecular weight excluding hydrogens is 232 g/mol. The molecule has 1 N–H and O–H groups in total. The predicted molar refractivity (Wildman–Crippen MR) is 66.9 cm³/mol. The number of carbonyl (C=O) groups excluding carboxylic acids is 2. The number of esters is 1. The first-order valence-corrected chi connectivity index (χ1v) is 6.22. The third-order valence-corrected chi connectivity index (χ3v) is 4.83. The molecule has 1 heterocycles. The molecule has 0 aromatic carbocycles. The van der Waals surface area contributed by atoms with Crippen molar-refractivity contribution in [2.75, 3.05) is 0 Å². The Hall–Kier alpha value is -1.39. The van der Waals surface area contributed by atoms with Gasteiger partial charge in [-0.05, 0) is 33.6 Å². The summed E-state index contributed by atoms with van der Waals surface area (Å²) in [6, 6.07) is 0. The van der Waals surface area contributed by atoms with Crippen LogP contribution in [0, 0.1) is 10.8 Å². The molecule has 5 heteroatoms. The van der Waals surface area contributed by atoms with Gasteiger partial charge in [0.1, 0.15) is 0 Å². The largest absolute Gasteiger partial charge is 0.448 e. The highest BCUT2D eigenvalue weighted by Gasteiger charge is 2.75. The number of hydrazone groups is 1. The van der Waals surface area contributed by atoms with Crippen molar-refractivity contribution >= 4 is 17.6 Å². The number of hydrogen-bond donors (Lipinski definition) is 1. The number of nitrogens with one attached hydrogen (secondary N) is 1. The molecule has 1 aliphatic heterocycles. The maximum atomic E-state index is 12.3. The number of nitrogens with zero attached hydrogens (tertiary/aromatic N) is 1. The SMILES string of the molecule is CC(C)=NNC(=O)C12CCC(C)(C(=O)O1)C2(C)C. The maximum Gasteiger partial charge on any atom is 0.313 e. The summed E-state index contributed by atoms with van der Waals surface area (Å²) < 4.78 is 5.44. The molecule has 2 aliphatic rings. The van der Waals surface area contributed by atoms with Gasteiger partial charge >= 0.3 is 5.97 Å². The molecule has 1 saturated carbocycles. The van der Waals surface area contributed by atoms with Gasteiger partial charge in [-0.2, -0.15) is 5.10 Å². The van der Waals surface area contributed by atoms with Crippen molar-refractivity contribution in [3.8, 4) is 0 Å². The summed E-state index contributed by atoms with van der Waals surface area (Å²) in [5, 5.41) is 3.92. The van der Waals surface area contributed by atoms with Crippen molar-refractivity contribution in [2.45, 2.75) is 53.1 Å². The Labute approximate surface area is 107 Å². The summed E-state index contributed by atoms with van der Waals surface area (Å²) in [5.74, 6) is -0.589. The number of rotatable bonds is 2. The van der Waals surface area contributed by atoms with Crippen LogP contribution in [0.2, 0.25) is 0 Å². The fourth-order valence-corrected chi connectivity index (χ4v) is 3.00. The molecule has 0 spiro atoms. The zero-order valence-electron chi connectivity index (χ0n) is 11.6. The lowest BCUT2D eigenvalue weighted by Gasteiger charge is -2.34. The molecule has 2 atom stereocenters. The molecule has 2 bridgehead atoms. The van der Waals surface area contributed by atoms with Crippen LogP contribution in [0.25, 0.3) is 0 Å². The first-order valence-electron chi connectivity index (χ1n) is 6.22. The van der Waals surface area contributed by atoms with Crippen molar-refractivity contribution < 1.29 is 14.3 Å². The van der Waals surface area contributed by atoms with Gasteiger partial charge in [0.05, 0.1) is 5.41 Å². The van der Waals surface area contributed by atoms with Crippen molar-refractivity contribution in [3.05, 3.63) is 0 Å². The Morgan fingerprint density at radius 3 is 2.28 bits per heavy atom. The van der Waals surface area contributed by atoms with Crippen LogP contribution in [0.1, 0.15) is 47.5 Å². The summed E-state index contributed by atoms with van der Waals surface area (Å²) >= 11 is 0. The quantitative estimate of drug-likeness (QED) is 0.461. The number of ether oxygens (including phenoxy) is 1. The molecule has 100 valence electrons. The van der Waals surface area contributed by atoms with E-state index in [0.29, 0.717) is 12.8 Å². The van der Waals surface area contributed by atoms with Gasteiger partial charge in [-0.25, -0.2) is 5.43 Å². The van der Waals surface area contributed by atoms with Crippen LogP contribution in [-0.2, 0) is 14.3 Å². The molecule has 0 aromatic heterocycles. The van der Waals surface area contributed by atoms with E-state index in [0.717, 1.165) is 5.71 Å². The maximum absolute atomic E-state index is 12.3. The van der Waals surface area contributed by atoms with Gasteiger partial charge < -0.3 is 4.74 Å². The average Bonchev–Trinajstić information content (AvgIpc) is 2.56. The summed E-state index contributed by atoms with van der Waals surface area (Å²) in [6.07, 6.45) is 1.24. The molecule has 1 amide bonds. The fraction of sp³-hybridized carbons (Fsp3) is 0.769. The second-order valence-corrected chi connectivity index (χ2v) is 6.17. The minimum atomic E-state index is -1.07. The summed E-state index contributed by atoms with van der Waals surface area (Å²) in [5.41, 5.74) is 1.10. The van der Waals surface area contributed by atoms with Crippen molar-refractivity contribution in [1.29, 1.82) is 0 Å². The second-order valence-electron chi connectivity index (χ2n) is 6.17. The van der Waals surface area contributed by atoms with Gasteiger partial charge in [-0.1, -0.05) is 13.8 Å². The Morgan fingerprint density at radius 1 is 1.28 bits per heavy atom. The van der Waals surface area contributed by atoms with Crippen molar-refractivity contribution in [2.24, 2.45) is 15.9 Å². The van der Waals surface area contributed by atoms with Gasteiger partial charge in [0.15, 0.2) is 5.60 Å². The number of amides is 1. The smallest absolute Gasteiger partial charge is 0.313 e. The lowest BCUT2D eigenvalue weighted by atomic mass is 9.66. The van der Waals surface area contributed by atoms with E-state index in [1.165, 1.54) is 0 Å². The zero-order chi connectivity index (χ0) is 13.8. The predicted octanol–water partition coefficient (Wildman–Crippen LogP) is 1.62. The highest BCUT2D eigenvalue weighted by Crippen LogP contribution is 2.65. The van der Waals surface area contributed by atoms with E-state index < -0.39 is 16.4 Å². The summed E-state index contributed by atoms with van der Waals surface area (Å²) in [6.45, 7) is 9.32.